The van der Waals surface area contributed by atoms with Crippen molar-refractivity contribution in [2.24, 2.45) is 0 Å². The summed E-state index contributed by atoms with van der Waals surface area (Å²) in [6.07, 6.45) is 0. The zero-order chi connectivity index (χ0) is 17.0. The number of rotatable bonds is 5. The van der Waals surface area contributed by atoms with Crippen LogP contribution in [-0.4, -0.2) is 21.2 Å². The van der Waals surface area contributed by atoms with E-state index in [0.29, 0.717) is 5.02 Å². The predicted octanol–water partition coefficient (Wildman–Crippen LogP) is 4.07. The number of hydrogen-bond acceptors (Lipinski definition) is 5. The van der Waals surface area contributed by atoms with Crippen molar-refractivity contribution < 1.29 is 14.8 Å². The van der Waals surface area contributed by atoms with Gasteiger partial charge in [0.2, 0.25) is 5.91 Å². The summed E-state index contributed by atoms with van der Waals surface area (Å²) < 4.78 is 0. The Morgan fingerprint density at radius 1 is 1.30 bits per heavy atom. The number of aromatic hydroxyl groups is 1. The molecule has 0 aliphatic heterocycles. The molecular formula is C15H13ClN2O4S. The highest BCUT2D eigenvalue weighted by molar-refractivity contribution is 8.00. The maximum atomic E-state index is 12.2. The van der Waals surface area contributed by atoms with Gasteiger partial charge in [0.05, 0.1) is 15.9 Å². The molecule has 2 N–H and O–H groups in total. The standard InChI is InChI=1S/C15H13ClN2O4S/c1-9(23-12-5-3-11(4-6-12)18(21)22)15(20)17-13-8-10(16)2-7-14(13)19/h2-9,19H,1H3,(H,17,20). The number of nitrogens with one attached hydrogen (secondary N) is 1. The highest BCUT2D eigenvalue weighted by Crippen LogP contribution is 2.29. The Morgan fingerprint density at radius 3 is 2.57 bits per heavy atom. The maximum Gasteiger partial charge on any atom is 0.269 e. The quantitative estimate of drug-likeness (QED) is 0.366. The van der Waals surface area contributed by atoms with Gasteiger partial charge in [0.25, 0.3) is 5.69 Å². The molecule has 1 amide bonds. The minimum Gasteiger partial charge on any atom is -0.506 e. The number of nitro groups is 1. The fraction of sp³-hybridized carbons (Fsp3) is 0.133. The Balaban J connectivity index is 2.02. The lowest BCUT2D eigenvalue weighted by Crippen LogP contribution is -2.22. The van der Waals surface area contributed by atoms with Gasteiger partial charge in [-0.3, -0.25) is 14.9 Å². The molecule has 2 aromatic carbocycles. The van der Waals surface area contributed by atoms with Gasteiger partial charge < -0.3 is 10.4 Å². The molecule has 8 heteroatoms. The smallest absolute Gasteiger partial charge is 0.269 e. The van der Waals surface area contributed by atoms with Crippen LogP contribution in [0.4, 0.5) is 11.4 Å². The first kappa shape index (κ1) is 17.1. The number of amides is 1. The molecule has 0 aromatic heterocycles. The molecule has 0 spiro atoms. The topological polar surface area (TPSA) is 92.5 Å². The number of phenolic OH excluding ortho intramolecular Hbond substituents is 1. The van der Waals surface area contributed by atoms with Crippen molar-refractivity contribution in [1.29, 1.82) is 0 Å². The average Bonchev–Trinajstić information content (AvgIpc) is 2.51. The van der Waals surface area contributed by atoms with Gasteiger partial charge in [0.15, 0.2) is 0 Å². The van der Waals surface area contributed by atoms with Crippen LogP contribution in [0.25, 0.3) is 0 Å². The molecule has 0 aliphatic carbocycles. The van der Waals surface area contributed by atoms with Crippen LogP contribution >= 0.6 is 23.4 Å². The van der Waals surface area contributed by atoms with E-state index in [2.05, 4.69) is 5.32 Å². The molecular weight excluding hydrogens is 340 g/mol. The molecule has 0 saturated heterocycles. The monoisotopic (exact) mass is 352 g/mol. The van der Waals surface area contributed by atoms with Crippen molar-refractivity contribution in [3.05, 3.63) is 57.6 Å². The lowest BCUT2D eigenvalue weighted by molar-refractivity contribution is -0.384. The lowest BCUT2D eigenvalue weighted by atomic mass is 10.3. The minimum absolute atomic E-state index is 0.00435. The van der Waals surface area contributed by atoms with Crippen LogP contribution in [0.2, 0.25) is 5.02 Å². The molecule has 0 bridgehead atoms. The molecule has 2 rings (SSSR count). The summed E-state index contributed by atoms with van der Waals surface area (Å²) in [7, 11) is 0. The third-order valence-electron chi connectivity index (χ3n) is 2.95. The largest absolute Gasteiger partial charge is 0.506 e. The van der Waals surface area contributed by atoms with Crippen LogP contribution < -0.4 is 5.32 Å². The maximum absolute atomic E-state index is 12.2. The van der Waals surface area contributed by atoms with Gasteiger partial charge in [-0.15, -0.1) is 11.8 Å². The Bertz CT molecular complexity index is 737. The van der Waals surface area contributed by atoms with E-state index in [0.717, 1.165) is 4.90 Å². The molecule has 120 valence electrons. The number of nitrogens with zero attached hydrogens (tertiary/aromatic N) is 1. The fourth-order valence-corrected chi connectivity index (χ4v) is 2.79. The molecule has 0 radical (unpaired) electrons. The van der Waals surface area contributed by atoms with Gasteiger partial charge in [-0.2, -0.15) is 0 Å². The first-order chi connectivity index (χ1) is 10.9. The van der Waals surface area contributed by atoms with Gasteiger partial charge in [-0.05, 0) is 37.3 Å². The summed E-state index contributed by atoms with van der Waals surface area (Å²) >= 11 is 7.08. The normalized spacial score (nSPS) is 11.7. The van der Waals surface area contributed by atoms with Gasteiger partial charge in [-0.25, -0.2) is 0 Å². The number of carbonyl (C=O) groups excluding carboxylic acids is 1. The third kappa shape index (κ3) is 4.61. The van der Waals surface area contributed by atoms with Crippen LogP contribution in [0.15, 0.2) is 47.4 Å². The van der Waals surface area contributed by atoms with Gasteiger partial charge in [0.1, 0.15) is 5.75 Å². The van der Waals surface area contributed by atoms with E-state index < -0.39 is 10.2 Å². The summed E-state index contributed by atoms with van der Waals surface area (Å²) in [5, 5.41) is 22.8. The first-order valence-electron chi connectivity index (χ1n) is 6.57. The van der Waals surface area contributed by atoms with Crippen molar-refractivity contribution in [3.8, 4) is 5.75 Å². The summed E-state index contributed by atoms with van der Waals surface area (Å²) in [4.78, 5) is 23.0. The number of benzene rings is 2. The van der Waals surface area contributed by atoms with Crippen LogP contribution in [0.1, 0.15) is 6.92 Å². The Labute approximate surface area is 141 Å². The Hall–Kier alpha value is -2.25. The average molecular weight is 353 g/mol. The zero-order valence-corrected chi connectivity index (χ0v) is 13.6. The first-order valence-corrected chi connectivity index (χ1v) is 7.83. The van der Waals surface area contributed by atoms with E-state index in [1.165, 1.54) is 42.1 Å². The lowest BCUT2D eigenvalue weighted by Gasteiger charge is -2.13. The van der Waals surface area contributed by atoms with Gasteiger partial charge in [0, 0.05) is 22.1 Å². The minimum atomic E-state index is -0.480. The second-order valence-corrected chi connectivity index (χ2v) is 6.51. The van der Waals surface area contributed by atoms with Crippen LogP contribution in [0, 0.1) is 10.1 Å². The highest BCUT2D eigenvalue weighted by atomic mass is 35.5. The van der Waals surface area contributed by atoms with E-state index >= 15 is 0 Å². The molecule has 23 heavy (non-hydrogen) atoms. The van der Waals surface area contributed by atoms with E-state index in [1.54, 1.807) is 19.1 Å². The number of carbonyl (C=O) groups is 1. The number of anilines is 1. The van der Waals surface area contributed by atoms with E-state index in [-0.39, 0.29) is 23.0 Å². The van der Waals surface area contributed by atoms with Crippen LogP contribution in [0.5, 0.6) is 5.75 Å². The molecule has 1 atom stereocenters. The molecule has 0 heterocycles. The highest BCUT2D eigenvalue weighted by Gasteiger charge is 2.17. The van der Waals surface area contributed by atoms with Crippen molar-refractivity contribution >= 4 is 40.6 Å². The Morgan fingerprint density at radius 2 is 1.96 bits per heavy atom. The SMILES string of the molecule is CC(Sc1ccc([N+](=O)[O-])cc1)C(=O)Nc1cc(Cl)ccc1O. The Kier molecular flexibility index (Phi) is 5.46. The second kappa shape index (κ2) is 7.34. The van der Waals surface area contributed by atoms with Crippen LogP contribution in [0.3, 0.4) is 0 Å². The number of phenols is 1. The number of non-ortho nitro benzene ring substituents is 1. The molecule has 0 saturated carbocycles. The number of hydrogen-bond donors (Lipinski definition) is 2. The number of thioether (sulfide) groups is 1. The molecule has 0 fully saturated rings. The zero-order valence-electron chi connectivity index (χ0n) is 12.0. The molecule has 6 nitrogen and oxygen atoms in total. The van der Waals surface area contributed by atoms with Crippen molar-refractivity contribution in [2.45, 2.75) is 17.1 Å². The van der Waals surface area contributed by atoms with E-state index in [1.807, 2.05) is 0 Å². The summed E-state index contributed by atoms with van der Waals surface area (Å²) in [5.41, 5.74) is 0.231. The fourth-order valence-electron chi connectivity index (χ4n) is 1.75. The summed E-state index contributed by atoms with van der Waals surface area (Å²) in [5.74, 6) is -0.388. The van der Waals surface area contributed by atoms with Gasteiger partial charge in [-0.1, -0.05) is 11.6 Å². The van der Waals surface area contributed by atoms with E-state index in [4.69, 9.17) is 11.6 Å². The van der Waals surface area contributed by atoms with Crippen molar-refractivity contribution in [2.75, 3.05) is 5.32 Å². The van der Waals surface area contributed by atoms with Crippen LogP contribution in [-0.2, 0) is 4.79 Å². The van der Waals surface area contributed by atoms with Crippen molar-refractivity contribution in [1.82, 2.24) is 0 Å². The molecule has 1 unspecified atom stereocenters. The van der Waals surface area contributed by atoms with Gasteiger partial charge >= 0.3 is 0 Å². The molecule has 0 aliphatic rings. The summed E-state index contributed by atoms with van der Waals surface area (Å²) in [6, 6.07) is 10.3. The van der Waals surface area contributed by atoms with E-state index in [9.17, 15) is 20.0 Å². The predicted molar refractivity (Wildman–Crippen MR) is 90.2 cm³/mol. The number of halogens is 1. The summed E-state index contributed by atoms with van der Waals surface area (Å²) in [6.45, 7) is 1.70. The number of nitro benzene ring substituents is 1. The third-order valence-corrected chi connectivity index (χ3v) is 4.29. The molecule has 2 aromatic rings. The second-order valence-electron chi connectivity index (χ2n) is 4.66. The van der Waals surface area contributed by atoms with Crippen molar-refractivity contribution in [3.63, 3.8) is 0 Å².